The van der Waals surface area contributed by atoms with Gasteiger partial charge in [0.1, 0.15) is 5.58 Å². The smallest absolute Gasteiger partial charge is 0.452 e. The van der Waals surface area contributed by atoms with E-state index in [1.54, 1.807) is 42.5 Å². The van der Waals surface area contributed by atoms with Crippen LogP contribution in [0.4, 0.5) is 0 Å². The molecule has 3 rings (SSSR count). The van der Waals surface area contributed by atoms with Crippen LogP contribution in [0.3, 0.4) is 0 Å². The van der Waals surface area contributed by atoms with Gasteiger partial charge in [-0.2, -0.15) is 0 Å². The number of hydrogen-bond acceptors (Lipinski definition) is 4. The Morgan fingerprint density at radius 2 is 1.70 bits per heavy atom. The highest BCUT2D eigenvalue weighted by Crippen LogP contribution is 2.41. The third kappa shape index (κ3) is 3.30. The summed E-state index contributed by atoms with van der Waals surface area (Å²) < 4.78 is 21.4. The lowest BCUT2D eigenvalue weighted by Gasteiger charge is -2.11. The second-order valence-electron chi connectivity index (χ2n) is 4.67. The van der Waals surface area contributed by atoms with E-state index in [1.807, 2.05) is 0 Å². The maximum Gasteiger partial charge on any atom is 0.525 e. The minimum Gasteiger partial charge on any atom is -0.452 e. The van der Waals surface area contributed by atoms with E-state index in [-0.39, 0.29) is 16.7 Å². The predicted molar refractivity (Wildman–Crippen MR) is 85.6 cm³/mol. The molecule has 118 valence electrons. The van der Waals surface area contributed by atoms with Crippen molar-refractivity contribution in [2.24, 2.45) is 0 Å². The predicted octanol–water partition coefficient (Wildman–Crippen LogP) is 3.58. The van der Waals surface area contributed by atoms with Crippen LogP contribution in [-0.4, -0.2) is 9.79 Å². The first-order chi connectivity index (χ1) is 10.8. The molecule has 0 aliphatic carbocycles. The van der Waals surface area contributed by atoms with Crippen LogP contribution in [0.1, 0.15) is 0 Å². The molecule has 0 saturated heterocycles. The number of phosphoric acid groups is 1. The van der Waals surface area contributed by atoms with Gasteiger partial charge in [-0.25, -0.2) is 4.57 Å². The maximum atomic E-state index is 12.5. The van der Waals surface area contributed by atoms with Gasteiger partial charge in [-0.15, -0.1) is 0 Å². The van der Waals surface area contributed by atoms with Crippen LogP contribution in [0, 0.1) is 0 Å². The summed E-state index contributed by atoms with van der Waals surface area (Å²) in [6.07, 6.45) is 0. The molecule has 0 saturated carbocycles. The van der Waals surface area contributed by atoms with E-state index in [9.17, 15) is 9.36 Å². The van der Waals surface area contributed by atoms with Crippen LogP contribution in [0.5, 0.6) is 5.75 Å². The van der Waals surface area contributed by atoms with Crippen LogP contribution >= 0.6 is 19.4 Å². The summed E-state index contributed by atoms with van der Waals surface area (Å²) in [6, 6.07) is 12.6. The van der Waals surface area contributed by atoms with Gasteiger partial charge in [0.05, 0.1) is 5.39 Å². The van der Waals surface area contributed by atoms with Crippen molar-refractivity contribution in [3.05, 3.63) is 63.8 Å². The second-order valence-corrected chi connectivity index (χ2v) is 6.27. The van der Waals surface area contributed by atoms with Gasteiger partial charge in [-0.05, 0) is 36.4 Å². The highest BCUT2D eigenvalue weighted by molar-refractivity contribution is 7.46. The van der Waals surface area contributed by atoms with Gasteiger partial charge in [-0.1, -0.05) is 23.7 Å². The molecule has 0 unspecified atom stereocenters. The van der Waals surface area contributed by atoms with Crippen molar-refractivity contribution in [3.63, 3.8) is 0 Å². The molecule has 1 aromatic heterocycles. The maximum absolute atomic E-state index is 12.5. The van der Waals surface area contributed by atoms with Crippen LogP contribution < -0.4 is 9.95 Å². The highest BCUT2D eigenvalue weighted by atomic mass is 35.5. The molecule has 0 atom stereocenters. The largest absolute Gasteiger partial charge is 0.525 e. The number of halogens is 1. The molecule has 23 heavy (non-hydrogen) atoms. The van der Waals surface area contributed by atoms with Gasteiger partial charge in [0, 0.05) is 10.6 Å². The lowest BCUT2D eigenvalue weighted by atomic mass is 10.1. The summed E-state index contributed by atoms with van der Waals surface area (Å²) in [5, 5.41) is 0.628. The van der Waals surface area contributed by atoms with E-state index in [0.717, 1.165) is 0 Å². The Bertz CT molecular complexity index is 973. The number of phosphoric ester groups is 1. The fourth-order valence-corrected chi connectivity index (χ4v) is 2.65. The molecule has 0 spiro atoms. The monoisotopic (exact) mass is 352 g/mol. The van der Waals surface area contributed by atoms with Crippen molar-refractivity contribution in [1.29, 1.82) is 0 Å². The number of hydrogen-bond donors (Lipinski definition) is 2. The first-order valence-corrected chi connectivity index (χ1v) is 8.33. The molecule has 0 radical (unpaired) electrons. The van der Waals surface area contributed by atoms with Crippen molar-refractivity contribution >= 4 is 30.4 Å². The van der Waals surface area contributed by atoms with Gasteiger partial charge in [0.2, 0.25) is 11.2 Å². The average Bonchev–Trinajstić information content (AvgIpc) is 2.50. The minimum atomic E-state index is -4.94. The first kappa shape index (κ1) is 15.8. The standard InChI is InChI=1S/C15H10ClO6P/c16-10-7-5-9(6-8-10)14-15(22-23(18,19)20)13(17)11-3-1-2-4-12(11)21-14/h1-8H,(H2,18,19,20). The fraction of sp³-hybridized carbons (Fsp3) is 0. The number of fused-ring (bicyclic) bond motifs is 1. The Hall–Kier alpha value is -2.11. The van der Waals surface area contributed by atoms with E-state index < -0.39 is 19.0 Å². The second kappa shape index (κ2) is 5.83. The van der Waals surface area contributed by atoms with E-state index in [0.29, 0.717) is 10.6 Å². The lowest BCUT2D eigenvalue weighted by Crippen LogP contribution is -2.08. The molecule has 8 heteroatoms. The average molecular weight is 353 g/mol. The topological polar surface area (TPSA) is 97.0 Å². The SMILES string of the molecule is O=c1c(OP(=O)(O)O)c(-c2ccc(Cl)cc2)oc2ccccc12. The molecule has 0 aliphatic heterocycles. The quantitative estimate of drug-likeness (QED) is 0.699. The third-order valence-electron chi connectivity index (χ3n) is 3.07. The lowest BCUT2D eigenvalue weighted by molar-refractivity contribution is 0.280. The minimum absolute atomic E-state index is 0.0753. The van der Waals surface area contributed by atoms with Crippen molar-refractivity contribution in [3.8, 4) is 17.1 Å². The molecule has 0 bridgehead atoms. The van der Waals surface area contributed by atoms with Crippen LogP contribution in [-0.2, 0) is 4.57 Å². The zero-order chi connectivity index (χ0) is 16.6. The summed E-state index contributed by atoms with van der Waals surface area (Å²) in [5.41, 5.74) is 0.0151. The molecule has 6 nitrogen and oxygen atoms in total. The molecule has 1 heterocycles. The Morgan fingerprint density at radius 3 is 2.35 bits per heavy atom. The van der Waals surface area contributed by atoms with E-state index in [2.05, 4.69) is 4.52 Å². The zero-order valence-electron chi connectivity index (χ0n) is 11.5. The van der Waals surface area contributed by atoms with Gasteiger partial charge in [-0.3, -0.25) is 14.6 Å². The number of para-hydroxylation sites is 1. The summed E-state index contributed by atoms with van der Waals surface area (Å²) in [7, 11) is -4.94. The van der Waals surface area contributed by atoms with E-state index in [1.165, 1.54) is 6.07 Å². The Labute approximate surface area is 135 Å². The summed E-state index contributed by atoms with van der Waals surface area (Å²) in [4.78, 5) is 30.7. The third-order valence-corrected chi connectivity index (χ3v) is 3.75. The van der Waals surface area contributed by atoms with Crippen LogP contribution in [0.25, 0.3) is 22.3 Å². The molecule has 0 amide bonds. The number of benzene rings is 2. The molecule has 2 aromatic carbocycles. The van der Waals surface area contributed by atoms with Gasteiger partial charge < -0.3 is 8.94 Å². The Balaban J connectivity index is 2.33. The fourth-order valence-electron chi connectivity index (χ4n) is 2.12. The molecular formula is C15H10ClO6P. The van der Waals surface area contributed by atoms with Crippen molar-refractivity contribution in [2.75, 3.05) is 0 Å². The summed E-state index contributed by atoms with van der Waals surface area (Å²) >= 11 is 5.82. The Kier molecular flexibility index (Phi) is 4.00. The van der Waals surface area contributed by atoms with Crippen LogP contribution in [0.15, 0.2) is 57.7 Å². The van der Waals surface area contributed by atoms with Crippen LogP contribution in [0.2, 0.25) is 5.02 Å². The molecule has 2 N–H and O–H groups in total. The zero-order valence-corrected chi connectivity index (χ0v) is 13.1. The highest BCUT2D eigenvalue weighted by Gasteiger charge is 2.25. The van der Waals surface area contributed by atoms with Crippen molar-refractivity contribution in [1.82, 2.24) is 0 Å². The normalized spacial score (nSPS) is 11.6. The van der Waals surface area contributed by atoms with Gasteiger partial charge >= 0.3 is 7.82 Å². The molecule has 3 aromatic rings. The number of rotatable bonds is 3. The summed E-state index contributed by atoms with van der Waals surface area (Å²) in [5.74, 6) is -0.618. The first-order valence-electron chi connectivity index (χ1n) is 6.42. The molecule has 0 fully saturated rings. The van der Waals surface area contributed by atoms with Crippen molar-refractivity contribution < 1.29 is 23.3 Å². The van der Waals surface area contributed by atoms with Gasteiger partial charge in [0.25, 0.3) is 0 Å². The van der Waals surface area contributed by atoms with E-state index >= 15 is 0 Å². The van der Waals surface area contributed by atoms with Gasteiger partial charge in [0.15, 0.2) is 5.76 Å². The summed E-state index contributed by atoms with van der Waals surface area (Å²) in [6.45, 7) is 0. The van der Waals surface area contributed by atoms with Crippen molar-refractivity contribution in [2.45, 2.75) is 0 Å². The molecule has 0 aliphatic rings. The van der Waals surface area contributed by atoms with E-state index in [4.69, 9.17) is 25.8 Å². The molecular weight excluding hydrogens is 343 g/mol. The Morgan fingerprint density at radius 1 is 1.04 bits per heavy atom.